The van der Waals surface area contributed by atoms with Crippen LogP contribution < -0.4 is 0 Å². The van der Waals surface area contributed by atoms with Crippen LogP contribution in [0.15, 0.2) is 0 Å². The normalized spacial score (nSPS) is 30.9. The van der Waals surface area contributed by atoms with E-state index in [9.17, 15) is 9.90 Å². The van der Waals surface area contributed by atoms with Crippen molar-refractivity contribution >= 4 is 17.6 Å². The average molecular weight is 277 g/mol. The lowest BCUT2D eigenvalue weighted by Crippen LogP contribution is -2.47. The van der Waals surface area contributed by atoms with E-state index in [1.165, 1.54) is 0 Å². The number of hydrogen-bond acceptors (Lipinski definition) is 3. The molecular formula is C14H25ClO3. The molecule has 0 unspecified atom stereocenters. The molecule has 1 aliphatic rings. The first-order chi connectivity index (χ1) is 8.20. The third-order valence-electron chi connectivity index (χ3n) is 4.04. The van der Waals surface area contributed by atoms with Gasteiger partial charge in [0, 0.05) is 0 Å². The van der Waals surface area contributed by atoms with Gasteiger partial charge in [-0.1, -0.05) is 20.8 Å². The zero-order valence-electron chi connectivity index (χ0n) is 11.8. The summed E-state index contributed by atoms with van der Waals surface area (Å²) in [5.41, 5.74) is 0.257. The molecule has 0 radical (unpaired) electrons. The molecule has 1 fully saturated rings. The Labute approximate surface area is 115 Å². The molecule has 106 valence electrons. The molecule has 1 atom stereocenters. The second-order valence-corrected chi connectivity index (χ2v) is 7.08. The first-order valence-electron chi connectivity index (χ1n) is 6.74. The Morgan fingerprint density at radius 1 is 1.44 bits per heavy atom. The fourth-order valence-electron chi connectivity index (χ4n) is 2.67. The number of aliphatic hydroxyl groups excluding tert-OH is 1. The van der Waals surface area contributed by atoms with Crippen LogP contribution in [0.5, 0.6) is 0 Å². The molecule has 0 saturated heterocycles. The highest BCUT2D eigenvalue weighted by molar-refractivity contribution is 6.25. The van der Waals surface area contributed by atoms with E-state index < -0.39 is 16.9 Å². The molecule has 1 saturated carbocycles. The molecule has 1 aliphatic carbocycles. The summed E-state index contributed by atoms with van der Waals surface area (Å²) < 4.78 is 4.84. The molecule has 18 heavy (non-hydrogen) atoms. The Hall–Kier alpha value is -0.280. The second kappa shape index (κ2) is 5.79. The molecule has 0 aromatic heterocycles. The first kappa shape index (κ1) is 15.8. The summed E-state index contributed by atoms with van der Waals surface area (Å²) in [5, 5.41) is 10.0. The van der Waals surface area contributed by atoms with Crippen molar-refractivity contribution in [2.24, 2.45) is 11.3 Å². The molecular weight excluding hydrogens is 252 g/mol. The van der Waals surface area contributed by atoms with E-state index in [0.717, 1.165) is 12.8 Å². The Bertz CT molecular complexity index is 288. The number of esters is 1. The van der Waals surface area contributed by atoms with Crippen LogP contribution in [0.25, 0.3) is 0 Å². The Morgan fingerprint density at radius 3 is 2.33 bits per heavy atom. The van der Waals surface area contributed by atoms with E-state index >= 15 is 0 Å². The zero-order chi connectivity index (χ0) is 14.0. The highest BCUT2D eigenvalue weighted by Crippen LogP contribution is 2.45. The summed E-state index contributed by atoms with van der Waals surface area (Å²) in [5.74, 6) is 0.000444. The van der Waals surface area contributed by atoms with Crippen molar-refractivity contribution in [1.29, 1.82) is 0 Å². The molecule has 0 amide bonds. The number of carbonyl (C=O) groups is 1. The van der Waals surface area contributed by atoms with Crippen LogP contribution in [0.4, 0.5) is 0 Å². The quantitative estimate of drug-likeness (QED) is 0.636. The van der Waals surface area contributed by atoms with Crippen LogP contribution in [0.1, 0.15) is 53.4 Å². The van der Waals surface area contributed by atoms with Crippen LogP contribution in [0.2, 0.25) is 0 Å². The van der Waals surface area contributed by atoms with E-state index in [1.807, 2.05) is 0 Å². The maximum atomic E-state index is 11.6. The topological polar surface area (TPSA) is 46.5 Å². The molecule has 1 N–H and O–H groups in total. The van der Waals surface area contributed by atoms with Gasteiger partial charge in [0.05, 0.1) is 11.5 Å². The first-order valence-corrected chi connectivity index (χ1v) is 7.12. The molecule has 0 aromatic rings. The van der Waals surface area contributed by atoms with Crippen molar-refractivity contribution in [1.82, 2.24) is 0 Å². The number of aliphatic hydroxyl groups is 1. The lowest BCUT2D eigenvalue weighted by atomic mass is 9.68. The number of hydrogen-bond donors (Lipinski definition) is 1. The highest BCUT2D eigenvalue weighted by atomic mass is 35.5. The van der Waals surface area contributed by atoms with Gasteiger partial charge in [-0.2, -0.15) is 0 Å². The van der Waals surface area contributed by atoms with Crippen molar-refractivity contribution in [2.45, 2.75) is 64.4 Å². The standard InChI is InChI=1S/C14H25ClO3/c1-5-18-12(17)11(16)14(15)8-6-10(7-9-14)13(2,3)4/h10-11,16H,5-9H2,1-4H3/t10?,11-,14?/m1/s1. The van der Waals surface area contributed by atoms with Gasteiger partial charge in [-0.3, -0.25) is 0 Å². The van der Waals surface area contributed by atoms with E-state index in [4.69, 9.17) is 16.3 Å². The molecule has 0 heterocycles. The van der Waals surface area contributed by atoms with Gasteiger partial charge in [-0.05, 0) is 43.9 Å². The predicted molar refractivity (Wildman–Crippen MR) is 72.6 cm³/mol. The molecule has 0 spiro atoms. The minimum atomic E-state index is -1.21. The Morgan fingerprint density at radius 2 is 1.94 bits per heavy atom. The van der Waals surface area contributed by atoms with Crippen molar-refractivity contribution in [2.75, 3.05) is 6.61 Å². The van der Waals surface area contributed by atoms with Gasteiger partial charge >= 0.3 is 5.97 Å². The maximum Gasteiger partial charge on any atom is 0.336 e. The van der Waals surface area contributed by atoms with Gasteiger partial charge in [-0.15, -0.1) is 11.6 Å². The summed E-state index contributed by atoms with van der Waals surface area (Å²) >= 11 is 6.42. The second-order valence-electron chi connectivity index (χ2n) is 6.33. The van der Waals surface area contributed by atoms with Crippen molar-refractivity contribution < 1.29 is 14.6 Å². The highest BCUT2D eigenvalue weighted by Gasteiger charge is 2.45. The molecule has 3 nitrogen and oxygen atoms in total. The fraction of sp³-hybridized carbons (Fsp3) is 0.929. The minimum absolute atomic E-state index is 0.257. The van der Waals surface area contributed by atoms with E-state index in [0.29, 0.717) is 18.8 Å². The largest absolute Gasteiger partial charge is 0.464 e. The molecule has 0 aliphatic heterocycles. The monoisotopic (exact) mass is 276 g/mol. The van der Waals surface area contributed by atoms with Gasteiger partial charge in [0.25, 0.3) is 0 Å². The SMILES string of the molecule is CCOC(=O)[C@@H](O)C1(Cl)CCC(C(C)(C)C)CC1. The van der Waals surface area contributed by atoms with Crippen molar-refractivity contribution in [3.63, 3.8) is 0 Å². The summed E-state index contributed by atoms with van der Waals surface area (Å²) in [4.78, 5) is 10.7. The number of halogens is 1. The molecule has 0 aromatic carbocycles. The van der Waals surface area contributed by atoms with Gasteiger partial charge in [0.1, 0.15) is 0 Å². The van der Waals surface area contributed by atoms with E-state index in [1.54, 1.807) is 6.92 Å². The maximum absolute atomic E-state index is 11.6. The Balaban J connectivity index is 2.61. The van der Waals surface area contributed by atoms with Crippen LogP contribution in [-0.4, -0.2) is 28.7 Å². The number of alkyl halides is 1. The van der Waals surface area contributed by atoms with Crippen molar-refractivity contribution in [3.05, 3.63) is 0 Å². The summed E-state index contributed by atoms with van der Waals surface area (Å²) in [6, 6.07) is 0. The molecule has 4 heteroatoms. The summed E-state index contributed by atoms with van der Waals surface area (Å²) in [6.07, 6.45) is 2.01. The lowest BCUT2D eigenvalue weighted by molar-refractivity contribution is -0.155. The van der Waals surface area contributed by atoms with Gasteiger partial charge in [0.15, 0.2) is 6.10 Å². The number of rotatable bonds is 3. The van der Waals surface area contributed by atoms with Gasteiger partial charge in [0.2, 0.25) is 0 Å². The van der Waals surface area contributed by atoms with Gasteiger partial charge < -0.3 is 9.84 Å². The van der Waals surface area contributed by atoms with Gasteiger partial charge in [-0.25, -0.2) is 4.79 Å². The van der Waals surface area contributed by atoms with E-state index in [-0.39, 0.29) is 12.0 Å². The summed E-state index contributed by atoms with van der Waals surface area (Å²) in [7, 11) is 0. The van der Waals surface area contributed by atoms with Crippen LogP contribution >= 0.6 is 11.6 Å². The van der Waals surface area contributed by atoms with Crippen LogP contribution in [0.3, 0.4) is 0 Å². The molecule has 1 rings (SSSR count). The number of ether oxygens (including phenoxy) is 1. The summed E-state index contributed by atoms with van der Waals surface area (Å²) in [6.45, 7) is 8.66. The minimum Gasteiger partial charge on any atom is -0.464 e. The zero-order valence-corrected chi connectivity index (χ0v) is 12.6. The third kappa shape index (κ3) is 3.61. The average Bonchev–Trinajstić information content (AvgIpc) is 2.27. The third-order valence-corrected chi connectivity index (χ3v) is 4.63. The van der Waals surface area contributed by atoms with Crippen LogP contribution in [-0.2, 0) is 9.53 Å². The number of carbonyl (C=O) groups excluding carboxylic acids is 1. The lowest BCUT2D eigenvalue weighted by Gasteiger charge is -2.42. The van der Waals surface area contributed by atoms with Crippen LogP contribution in [0, 0.1) is 11.3 Å². The smallest absolute Gasteiger partial charge is 0.336 e. The predicted octanol–water partition coefficient (Wildman–Crippen LogP) is 3.12. The Kier molecular flexibility index (Phi) is 5.07. The molecule has 0 bridgehead atoms. The van der Waals surface area contributed by atoms with E-state index in [2.05, 4.69) is 20.8 Å². The van der Waals surface area contributed by atoms with Crippen molar-refractivity contribution in [3.8, 4) is 0 Å². The fourth-order valence-corrected chi connectivity index (χ4v) is 2.98.